The summed E-state index contributed by atoms with van der Waals surface area (Å²) in [5.41, 5.74) is 2.82. The monoisotopic (exact) mass is 349 g/mol. The number of para-hydroxylation sites is 1. The van der Waals surface area contributed by atoms with Crippen molar-refractivity contribution in [3.63, 3.8) is 0 Å². The Morgan fingerprint density at radius 1 is 0.962 bits per heavy atom. The number of nitrogens with zero attached hydrogens (tertiary/aromatic N) is 2. The van der Waals surface area contributed by atoms with E-state index in [0.717, 1.165) is 19.0 Å². The molecule has 0 unspecified atom stereocenters. The van der Waals surface area contributed by atoms with Crippen molar-refractivity contribution in [3.8, 4) is 0 Å². The van der Waals surface area contributed by atoms with Gasteiger partial charge in [0.2, 0.25) is 0 Å². The molecule has 1 N–H and O–H groups in total. The van der Waals surface area contributed by atoms with Gasteiger partial charge in [0.15, 0.2) is 0 Å². The molecule has 2 aromatic rings. The first kappa shape index (κ1) is 17.6. The minimum atomic E-state index is 0.705. The minimum absolute atomic E-state index is 0.705. The predicted molar refractivity (Wildman–Crippen MR) is 110 cm³/mol. The number of anilines is 1. The van der Waals surface area contributed by atoms with Crippen molar-refractivity contribution in [3.05, 3.63) is 66.2 Å². The van der Waals surface area contributed by atoms with Gasteiger partial charge in [-0.1, -0.05) is 48.5 Å². The Hall–Kier alpha value is -1.84. The fourth-order valence-electron chi connectivity index (χ4n) is 4.18. The largest absolute Gasteiger partial charge is 0.373 e. The van der Waals surface area contributed by atoms with Crippen LogP contribution in [0, 0.1) is 0 Å². The normalized spacial score (nSPS) is 23.7. The maximum Gasteiger partial charge on any atom is 0.0364 e. The summed E-state index contributed by atoms with van der Waals surface area (Å²) in [7, 11) is 2.19. The molecule has 2 aliphatic rings. The van der Waals surface area contributed by atoms with E-state index in [0.29, 0.717) is 12.1 Å². The van der Waals surface area contributed by atoms with E-state index in [1.807, 2.05) is 0 Å². The Bertz CT molecular complexity index is 664. The van der Waals surface area contributed by atoms with Gasteiger partial charge in [-0.05, 0) is 50.0 Å². The summed E-state index contributed by atoms with van der Waals surface area (Å²) in [4.78, 5) is 4.98. The molecule has 1 saturated carbocycles. The molecular formula is C23H31N3. The lowest BCUT2D eigenvalue weighted by molar-refractivity contribution is 0.201. The molecule has 3 nitrogen and oxygen atoms in total. The van der Waals surface area contributed by atoms with Crippen LogP contribution in [0.3, 0.4) is 0 Å². The number of nitrogens with one attached hydrogen (secondary N) is 1. The van der Waals surface area contributed by atoms with Crippen molar-refractivity contribution in [2.45, 2.75) is 37.3 Å². The van der Waals surface area contributed by atoms with Gasteiger partial charge < -0.3 is 15.1 Å². The van der Waals surface area contributed by atoms with Crippen molar-refractivity contribution < 1.29 is 0 Å². The maximum atomic E-state index is 3.92. The third kappa shape index (κ3) is 4.46. The first-order valence-corrected chi connectivity index (χ1v) is 10.1. The zero-order valence-electron chi connectivity index (χ0n) is 15.8. The molecule has 3 heteroatoms. The van der Waals surface area contributed by atoms with E-state index in [2.05, 4.69) is 82.8 Å². The molecule has 1 aliphatic carbocycles. The van der Waals surface area contributed by atoms with Crippen molar-refractivity contribution in [2.75, 3.05) is 38.1 Å². The highest BCUT2D eigenvalue weighted by Gasteiger charge is 2.39. The average molecular weight is 350 g/mol. The predicted octanol–water partition coefficient (Wildman–Crippen LogP) is 3.73. The highest BCUT2D eigenvalue weighted by molar-refractivity contribution is 5.44. The SMILES string of the molecule is CN(CCN1CCC(N[C@@H]2C[C@H]2c2ccccc2)CC1)c1ccccc1. The van der Waals surface area contributed by atoms with Gasteiger partial charge in [0.1, 0.15) is 0 Å². The Morgan fingerprint density at radius 3 is 2.31 bits per heavy atom. The summed E-state index contributed by atoms with van der Waals surface area (Å²) < 4.78 is 0. The molecule has 0 radical (unpaired) electrons. The number of likely N-dealkylation sites (tertiary alicyclic amines) is 1. The van der Waals surface area contributed by atoms with Crippen LogP contribution in [0.25, 0.3) is 0 Å². The second-order valence-corrected chi connectivity index (χ2v) is 7.90. The summed E-state index contributed by atoms with van der Waals surface area (Å²) in [6, 6.07) is 23.1. The topological polar surface area (TPSA) is 18.5 Å². The fourth-order valence-corrected chi connectivity index (χ4v) is 4.18. The average Bonchev–Trinajstić information content (AvgIpc) is 3.48. The van der Waals surface area contributed by atoms with Gasteiger partial charge in [-0.2, -0.15) is 0 Å². The number of likely N-dealkylation sites (N-methyl/N-ethyl adjacent to an activating group) is 1. The maximum absolute atomic E-state index is 3.92. The van der Waals surface area contributed by atoms with Gasteiger partial charge in [0, 0.05) is 43.8 Å². The standard InChI is InChI=1S/C23H31N3/c1-25(21-10-6-3-7-11-21)16-17-26-14-12-20(13-15-26)24-23-18-22(23)19-8-4-2-5-9-19/h2-11,20,22-24H,12-18H2,1H3/t22-,23+/m0/s1. The molecule has 2 fully saturated rings. The zero-order valence-corrected chi connectivity index (χ0v) is 15.8. The van der Waals surface area contributed by atoms with Gasteiger partial charge >= 0.3 is 0 Å². The van der Waals surface area contributed by atoms with E-state index in [1.165, 1.54) is 43.6 Å². The molecule has 1 heterocycles. The van der Waals surface area contributed by atoms with E-state index in [9.17, 15) is 0 Å². The van der Waals surface area contributed by atoms with Crippen LogP contribution in [-0.2, 0) is 0 Å². The van der Waals surface area contributed by atoms with Gasteiger partial charge in [-0.15, -0.1) is 0 Å². The Balaban J connectivity index is 1.16. The Morgan fingerprint density at radius 2 is 1.62 bits per heavy atom. The van der Waals surface area contributed by atoms with Crippen molar-refractivity contribution in [1.82, 2.24) is 10.2 Å². The lowest BCUT2D eigenvalue weighted by atomic mass is 10.0. The lowest BCUT2D eigenvalue weighted by Gasteiger charge is -2.34. The van der Waals surface area contributed by atoms with E-state index < -0.39 is 0 Å². The van der Waals surface area contributed by atoms with Gasteiger partial charge in [-0.25, -0.2) is 0 Å². The summed E-state index contributed by atoms with van der Waals surface area (Å²) in [6.45, 7) is 4.71. The highest BCUT2D eigenvalue weighted by atomic mass is 15.2. The van der Waals surface area contributed by atoms with Crippen LogP contribution in [0.15, 0.2) is 60.7 Å². The zero-order chi connectivity index (χ0) is 17.8. The van der Waals surface area contributed by atoms with E-state index in [4.69, 9.17) is 0 Å². The number of rotatable bonds is 7. The summed E-state index contributed by atoms with van der Waals surface area (Å²) in [5.74, 6) is 0.744. The Kier molecular flexibility index (Phi) is 5.57. The molecule has 0 aromatic heterocycles. The molecule has 0 bridgehead atoms. The third-order valence-electron chi connectivity index (χ3n) is 6.00. The van der Waals surface area contributed by atoms with E-state index in [-0.39, 0.29) is 0 Å². The molecule has 4 rings (SSSR count). The number of piperidine rings is 1. The quantitative estimate of drug-likeness (QED) is 0.822. The second-order valence-electron chi connectivity index (χ2n) is 7.90. The first-order valence-electron chi connectivity index (χ1n) is 10.1. The molecule has 2 atom stereocenters. The van der Waals surface area contributed by atoms with E-state index in [1.54, 1.807) is 0 Å². The number of hydrogen-bond donors (Lipinski definition) is 1. The summed E-state index contributed by atoms with van der Waals surface area (Å²) in [6.07, 6.45) is 3.88. The smallest absolute Gasteiger partial charge is 0.0364 e. The van der Waals surface area contributed by atoms with Crippen molar-refractivity contribution >= 4 is 5.69 Å². The van der Waals surface area contributed by atoms with Crippen LogP contribution in [0.2, 0.25) is 0 Å². The summed E-state index contributed by atoms with van der Waals surface area (Å²) in [5, 5.41) is 3.92. The molecule has 0 spiro atoms. The molecule has 2 aromatic carbocycles. The van der Waals surface area contributed by atoms with Crippen LogP contribution in [0.4, 0.5) is 5.69 Å². The summed E-state index contributed by atoms with van der Waals surface area (Å²) >= 11 is 0. The minimum Gasteiger partial charge on any atom is -0.373 e. The van der Waals surface area contributed by atoms with E-state index >= 15 is 0 Å². The molecule has 0 amide bonds. The van der Waals surface area contributed by atoms with Crippen LogP contribution < -0.4 is 10.2 Å². The lowest BCUT2D eigenvalue weighted by Crippen LogP contribution is -2.45. The Labute approximate surface area is 158 Å². The van der Waals surface area contributed by atoms with Gasteiger partial charge in [0.25, 0.3) is 0 Å². The number of benzene rings is 2. The molecule has 1 aliphatic heterocycles. The van der Waals surface area contributed by atoms with Gasteiger partial charge in [0.05, 0.1) is 0 Å². The molecule has 26 heavy (non-hydrogen) atoms. The van der Waals surface area contributed by atoms with Gasteiger partial charge in [-0.3, -0.25) is 0 Å². The molecule has 1 saturated heterocycles. The van der Waals surface area contributed by atoms with Crippen LogP contribution >= 0.6 is 0 Å². The molecular weight excluding hydrogens is 318 g/mol. The number of hydrogen-bond acceptors (Lipinski definition) is 3. The van der Waals surface area contributed by atoms with Crippen LogP contribution in [-0.4, -0.2) is 50.2 Å². The second kappa shape index (κ2) is 8.24. The molecule has 138 valence electrons. The van der Waals surface area contributed by atoms with Crippen molar-refractivity contribution in [1.29, 1.82) is 0 Å². The fraction of sp³-hybridized carbons (Fsp3) is 0.478. The van der Waals surface area contributed by atoms with Crippen LogP contribution in [0.5, 0.6) is 0 Å². The van der Waals surface area contributed by atoms with Crippen molar-refractivity contribution in [2.24, 2.45) is 0 Å². The highest BCUT2D eigenvalue weighted by Crippen LogP contribution is 2.41. The first-order chi connectivity index (χ1) is 12.8. The third-order valence-corrected chi connectivity index (χ3v) is 6.00. The van der Waals surface area contributed by atoms with Crippen LogP contribution in [0.1, 0.15) is 30.7 Å².